The van der Waals surface area contributed by atoms with Crippen molar-refractivity contribution in [3.05, 3.63) is 59.9 Å². The first-order valence-electron chi connectivity index (χ1n) is 7.15. The number of hydrogen-bond donors (Lipinski definition) is 0. The predicted molar refractivity (Wildman–Crippen MR) is 82.5 cm³/mol. The molecule has 2 rings (SSSR count). The van der Waals surface area contributed by atoms with Crippen molar-refractivity contribution < 1.29 is 13.9 Å². The zero-order valence-corrected chi connectivity index (χ0v) is 12.5. The van der Waals surface area contributed by atoms with Gasteiger partial charge in [-0.1, -0.05) is 24.3 Å². The van der Waals surface area contributed by atoms with E-state index in [4.69, 9.17) is 9.47 Å². The lowest BCUT2D eigenvalue weighted by molar-refractivity contribution is 0.285. The Morgan fingerprint density at radius 3 is 2.59 bits per heavy atom. The van der Waals surface area contributed by atoms with Crippen LogP contribution in [0.1, 0.15) is 24.3 Å². The van der Waals surface area contributed by atoms with Crippen molar-refractivity contribution in [2.45, 2.75) is 18.8 Å². The van der Waals surface area contributed by atoms with Crippen molar-refractivity contribution in [2.24, 2.45) is 0 Å². The van der Waals surface area contributed by atoms with Crippen molar-refractivity contribution in [1.29, 1.82) is 5.26 Å². The van der Waals surface area contributed by atoms with Crippen LogP contribution in [0.3, 0.4) is 0 Å². The summed E-state index contributed by atoms with van der Waals surface area (Å²) in [6.45, 7) is 0.480. The molecule has 0 aliphatic rings. The van der Waals surface area contributed by atoms with Gasteiger partial charge in [-0.25, -0.2) is 4.39 Å². The summed E-state index contributed by atoms with van der Waals surface area (Å²) in [5.74, 6) is 0.730. The Labute approximate surface area is 129 Å². The number of rotatable bonds is 7. The lowest BCUT2D eigenvalue weighted by Crippen LogP contribution is -2.03. The Kier molecular flexibility index (Phi) is 5.79. The molecular formula is C18H18FNO2. The molecule has 0 aromatic heterocycles. The van der Waals surface area contributed by atoms with Crippen LogP contribution in [-0.2, 0) is 0 Å². The van der Waals surface area contributed by atoms with E-state index < -0.39 is 0 Å². The SMILES string of the molecule is COc1ccccc1OCCCC(C#N)c1cccc(F)c1. The molecule has 2 aromatic rings. The average molecular weight is 299 g/mol. The smallest absolute Gasteiger partial charge is 0.161 e. The minimum Gasteiger partial charge on any atom is -0.493 e. The van der Waals surface area contributed by atoms with Gasteiger partial charge >= 0.3 is 0 Å². The molecule has 0 aliphatic carbocycles. The molecule has 0 N–H and O–H groups in total. The minimum absolute atomic E-state index is 0.317. The van der Waals surface area contributed by atoms with E-state index in [-0.39, 0.29) is 11.7 Å². The number of methoxy groups -OCH3 is 1. The van der Waals surface area contributed by atoms with Crippen molar-refractivity contribution in [3.63, 3.8) is 0 Å². The summed E-state index contributed by atoms with van der Waals surface area (Å²) in [6.07, 6.45) is 1.32. The number of nitrogens with zero attached hydrogens (tertiary/aromatic N) is 1. The molecule has 2 aromatic carbocycles. The molecule has 0 heterocycles. The van der Waals surface area contributed by atoms with Gasteiger partial charge in [0.25, 0.3) is 0 Å². The molecule has 0 spiro atoms. The van der Waals surface area contributed by atoms with Gasteiger partial charge in [0.05, 0.1) is 25.7 Å². The highest BCUT2D eigenvalue weighted by molar-refractivity contribution is 5.39. The van der Waals surface area contributed by atoms with Gasteiger partial charge in [-0.05, 0) is 42.7 Å². The Hall–Kier alpha value is -2.54. The second-order valence-corrected chi connectivity index (χ2v) is 4.88. The second kappa shape index (κ2) is 8.04. The molecule has 22 heavy (non-hydrogen) atoms. The fourth-order valence-corrected chi connectivity index (χ4v) is 2.24. The Balaban J connectivity index is 1.86. The van der Waals surface area contributed by atoms with Crippen LogP contribution >= 0.6 is 0 Å². The summed E-state index contributed by atoms with van der Waals surface area (Å²) in [5.41, 5.74) is 0.708. The van der Waals surface area contributed by atoms with Gasteiger partial charge in [0.15, 0.2) is 11.5 Å². The third kappa shape index (κ3) is 4.23. The van der Waals surface area contributed by atoms with Crippen LogP contribution in [-0.4, -0.2) is 13.7 Å². The van der Waals surface area contributed by atoms with Gasteiger partial charge in [-0.2, -0.15) is 5.26 Å². The van der Waals surface area contributed by atoms with Gasteiger partial charge < -0.3 is 9.47 Å². The van der Waals surface area contributed by atoms with Gasteiger partial charge in [-0.15, -0.1) is 0 Å². The maximum absolute atomic E-state index is 13.2. The highest BCUT2D eigenvalue weighted by Gasteiger charge is 2.11. The van der Waals surface area contributed by atoms with Crippen LogP contribution in [0.25, 0.3) is 0 Å². The first-order valence-corrected chi connectivity index (χ1v) is 7.15. The summed E-state index contributed by atoms with van der Waals surface area (Å²) in [7, 11) is 1.60. The molecule has 3 nitrogen and oxygen atoms in total. The van der Waals surface area contributed by atoms with Gasteiger partial charge in [0.1, 0.15) is 5.82 Å². The van der Waals surface area contributed by atoms with Gasteiger partial charge in [-0.3, -0.25) is 0 Å². The summed E-state index contributed by atoms with van der Waals surface area (Å²) in [5, 5.41) is 9.24. The van der Waals surface area contributed by atoms with E-state index in [1.807, 2.05) is 24.3 Å². The largest absolute Gasteiger partial charge is 0.493 e. The van der Waals surface area contributed by atoms with E-state index in [0.717, 1.165) is 0 Å². The molecule has 114 valence electrons. The van der Waals surface area contributed by atoms with Crippen LogP contribution in [0.2, 0.25) is 0 Å². The maximum Gasteiger partial charge on any atom is 0.161 e. The highest BCUT2D eigenvalue weighted by Crippen LogP contribution is 2.26. The van der Waals surface area contributed by atoms with Crippen molar-refractivity contribution in [2.75, 3.05) is 13.7 Å². The van der Waals surface area contributed by atoms with E-state index >= 15 is 0 Å². The van der Waals surface area contributed by atoms with E-state index in [1.165, 1.54) is 12.1 Å². The highest BCUT2D eigenvalue weighted by atomic mass is 19.1. The quantitative estimate of drug-likeness (QED) is 0.716. The number of para-hydroxylation sites is 2. The zero-order valence-electron chi connectivity index (χ0n) is 12.5. The van der Waals surface area contributed by atoms with Crippen LogP contribution in [0, 0.1) is 17.1 Å². The van der Waals surface area contributed by atoms with Crippen molar-refractivity contribution in [3.8, 4) is 17.6 Å². The second-order valence-electron chi connectivity index (χ2n) is 4.88. The number of nitriles is 1. The Bertz CT molecular complexity index is 652. The molecule has 0 amide bonds. The molecule has 1 atom stereocenters. The van der Waals surface area contributed by atoms with Crippen LogP contribution in [0.4, 0.5) is 4.39 Å². The van der Waals surface area contributed by atoms with Crippen molar-refractivity contribution >= 4 is 0 Å². The first kappa shape index (κ1) is 15.8. The van der Waals surface area contributed by atoms with Gasteiger partial charge in [0, 0.05) is 0 Å². The third-order valence-electron chi connectivity index (χ3n) is 3.37. The normalized spacial score (nSPS) is 11.5. The van der Waals surface area contributed by atoms with E-state index in [1.54, 1.807) is 19.2 Å². The monoisotopic (exact) mass is 299 g/mol. The standard InChI is InChI=1S/C18H18FNO2/c1-21-17-9-2-3-10-18(17)22-11-5-7-15(13-20)14-6-4-8-16(19)12-14/h2-4,6,8-10,12,15H,5,7,11H2,1H3. The van der Waals surface area contributed by atoms with Gasteiger partial charge in [0.2, 0.25) is 0 Å². The Morgan fingerprint density at radius 2 is 1.91 bits per heavy atom. The average Bonchev–Trinajstić information content (AvgIpc) is 2.55. The van der Waals surface area contributed by atoms with Crippen LogP contribution in [0.5, 0.6) is 11.5 Å². The minimum atomic E-state index is -0.322. The molecular weight excluding hydrogens is 281 g/mol. The number of hydrogen-bond acceptors (Lipinski definition) is 3. The Morgan fingerprint density at radius 1 is 1.14 bits per heavy atom. The molecule has 0 saturated heterocycles. The summed E-state index contributed by atoms with van der Waals surface area (Å²) in [6, 6.07) is 15.8. The fourth-order valence-electron chi connectivity index (χ4n) is 2.24. The third-order valence-corrected chi connectivity index (χ3v) is 3.37. The molecule has 0 radical (unpaired) electrons. The number of benzene rings is 2. The first-order chi connectivity index (χ1) is 10.7. The molecule has 1 unspecified atom stereocenters. The van der Waals surface area contributed by atoms with Crippen molar-refractivity contribution in [1.82, 2.24) is 0 Å². The van der Waals surface area contributed by atoms with E-state index in [2.05, 4.69) is 6.07 Å². The van der Waals surface area contributed by atoms with E-state index in [0.29, 0.717) is 36.5 Å². The molecule has 4 heteroatoms. The van der Waals surface area contributed by atoms with Crippen LogP contribution < -0.4 is 9.47 Å². The molecule has 0 aliphatic heterocycles. The lowest BCUT2D eigenvalue weighted by atomic mass is 9.96. The molecule has 0 saturated carbocycles. The molecule has 0 fully saturated rings. The number of halogens is 1. The predicted octanol–water partition coefficient (Wildman–Crippen LogP) is 4.30. The fraction of sp³-hybridized carbons (Fsp3) is 0.278. The van der Waals surface area contributed by atoms with E-state index in [9.17, 15) is 9.65 Å². The lowest BCUT2D eigenvalue weighted by Gasteiger charge is -2.12. The summed E-state index contributed by atoms with van der Waals surface area (Å²) < 4.78 is 24.1. The molecule has 0 bridgehead atoms. The zero-order chi connectivity index (χ0) is 15.8. The summed E-state index contributed by atoms with van der Waals surface area (Å²) >= 11 is 0. The van der Waals surface area contributed by atoms with Crippen LogP contribution in [0.15, 0.2) is 48.5 Å². The number of ether oxygens (including phenoxy) is 2. The maximum atomic E-state index is 13.2. The summed E-state index contributed by atoms with van der Waals surface area (Å²) in [4.78, 5) is 0. The topological polar surface area (TPSA) is 42.2 Å².